The Labute approximate surface area is 141 Å². The van der Waals surface area contributed by atoms with E-state index in [-0.39, 0.29) is 11.0 Å². The molecule has 0 atom stereocenters. The Kier molecular flexibility index (Phi) is 6.83. The minimum Gasteiger partial charge on any atom is -0.462 e. The Balaban J connectivity index is 2.56. The van der Waals surface area contributed by atoms with Crippen molar-refractivity contribution in [3.05, 3.63) is 29.8 Å². The highest BCUT2D eigenvalue weighted by Crippen LogP contribution is 2.36. The van der Waals surface area contributed by atoms with Crippen molar-refractivity contribution < 1.29 is 14.0 Å². The van der Waals surface area contributed by atoms with Crippen molar-refractivity contribution in [2.45, 2.75) is 45.8 Å². The van der Waals surface area contributed by atoms with Gasteiger partial charge in [0.15, 0.2) is 8.32 Å². The third-order valence-electron chi connectivity index (χ3n) is 4.52. The van der Waals surface area contributed by atoms with E-state index in [1.165, 1.54) is 0 Å². The van der Waals surface area contributed by atoms with Gasteiger partial charge in [0.1, 0.15) is 0 Å². The predicted molar refractivity (Wildman–Crippen MR) is 98.8 cm³/mol. The van der Waals surface area contributed by atoms with E-state index in [9.17, 15) is 4.79 Å². The van der Waals surface area contributed by atoms with Crippen LogP contribution in [0.3, 0.4) is 0 Å². The molecule has 23 heavy (non-hydrogen) atoms. The van der Waals surface area contributed by atoms with E-state index < -0.39 is 8.32 Å². The first-order valence-corrected chi connectivity index (χ1v) is 11.1. The molecule has 0 unspecified atom stereocenters. The molecule has 0 amide bonds. The zero-order valence-electron chi connectivity index (χ0n) is 15.6. The molecule has 5 heteroatoms. The molecule has 0 aliphatic rings. The van der Waals surface area contributed by atoms with E-state index in [1.54, 1.807) is 12.1 Å². The third-order valence-corrected chi connectivity index (χ3v) is 9.05. The number of hydrogen-bond donors (Lipinski definition) is 0. The average Bonchev–Trinajstić information content (AvgIpc) is 2.46. The number of anilines is 1. The van der Waals surface area contributed by atoms with E-state index in [2.05, 4.69) is 38.8 Å². The van der Waals surface area contributed by atoms with Gasteiger partial charge in [-0.15, -0.1) is 0 Å². The minimum atomic E-state index is -1.69. The van der Waals surface area contributed by atoms with Gasteiger partial charge in [0.25, 0.3) is 0 Å². The maximum absolute atomic E-state index is 11.7. The first-order chi connectivity index (χ1) is 10.6. The Bertz CT molecular complexity index is 506. The highest BCUT2D eigenvalue weighted by Gasteiger charge is 2.36. The van der Waals surface area contributed by atoms with Crippen molar-refractivity contribution in [2.24, 2.45) is 0 Å². The van der Waals surface area contributed by atoms with Crippen LogP contribution in [0.2, 0.25) is 18.1 Å². The van der Waals surface area contributed by atoms with Crippen molar-refractivity contribution in [3.8, 4) is 0 Å². The number of hydrogen-bond acceptors (Lipinski definition) is 4. The van der Waals surface area contributed by atoms with Crippen LogP contribution < -0.4 is 4.90 Å². The van der Waals surface area contributed by atoms with Crippen molar-refractivity contribution >= 4 is 20.0 Å². The number of ether oxygens (including phenoxy) is 1. The highest BCUT2D eigenvalue weighted by atomic mass is 28.4. The maximum Gasteiger partial charge on any atom is 0.338 e. The summed E-state index contributed by atoms with van der Waals surface area (Å²) in [6, 6.07) is 7.49. The lowest BCUT2D eigenvalue weighted by Crippen LogP contribution is -2.42. The van der Waals surface area contributed by atoms with Gasteiger partial charge in [-0.1, -0.05) is 20.8 Å². The molecule has 0 aliphatic carbocycles. The standard InChI is InChI=1S/C18H31NO3Si/c1-8-21-17(20)15-9-11-16(12-10-15)19(5)13-14-22-23(6,7)18(2,3)4/h9-12H,8,13-14H2,1-7H3. The molecule has 0 spiro atoms. The van der Waals surface area contributed by atoms with E-state index >= 15 is 0 Å². The Morgan fingerprint density at radius 2 is 1.74 bits per heavy atom. The van der Waals surface area contributed by atoms with Gasteiger partial charge in [-0.25, -0.2) is 4.79 Å². The molecule has 0 saturated heterocycles. The Hall–Kier alpha value is -1.33. The average molecular weight is 338 g/mol. The lowest BCUT2D eigenvalue weighted by molar-refractivity contribution is 0.0526. The van der Waals surface area contributed by atoms with Gasteiger partial charge in [0.2, 0.25) is 0 Å². The van der Waals surface area contributed by atoms with Gasteiger partial charge in [-0.3, -0.25) is 0 Å². The van der Waals surface area contributed by atoms with E-state index in [1.807, 2.05) is 26.1 Å². The van der Waals surface area contributed by atoms with Crippen LogP contribution in [0.1, 0.15) is 38.1 Å². The molecular formula is C18H31NO3Si. The summed E-state index contributed by atoms with van der Waals surface area (Å²) in [7, 11) is 0.343. The number of benzene rings is 1. The van der Waals surface area contributed by atoms with Crippen LogP contribution in [-0.4, -0.2) is 41.1 Å². The van der Waals surface area contributed by atoms with Crippen LogP contribution in [-0.2, 0) is 9.16 Å². The highest BCUT2D eigenvalue weighted by molar-refractivity contribution is 6.74. The largest absolute Gasteiger partial charge is 0.462 e. The van der Waals surface area contributed by atoms with Crippen LogP contribution in [0.5, 0.6) is 0 Å². The fraction of sp³-hybridized carbons (Fsp3) is 0.611. The molecular weight excluding hydrogens is 306 g/mol. The fourth-order valence-electron chi connectivity index (χ4n) is 1.85. The van der Waals surface area contributed by atoms with Gasteiger partial charge < -0.3 is 14.1 Å². The first kappa shape index (κ1) is 19.7. The molecule has 0 aliphatic heterocycles. The number of rotatable bonds is 7. The molecule has 1 rings (SSSR count). The van der Waals surface area contributed by atoms with Crippen molar-refractivity contribution in [1.29, 1.82) is 0 Å². The van der Waals surface area contributed by atoms with Crippen LogP contribution in [0.25, 0.3) is 0 Å². The maximum atomic E-state index is 11.7. The summed E-state index contributed by atoms with van der Waals surface area (Å²) in [5.41, 5.74) is 1.65. The summed E-state index contributed by atoms with van der Waals surface area (Å²) in [4.78, 5) is 13.8. The Morgan fingerprint density at radius 1 is 1.17 bits per heavy atom. The van der Waals surface area contributed by atoms with Gasteiger partial charge in [0.05, 0.1) is 18.8 Å². The molecule has 0 fully saturated rings. The van der Waals surface area contributed by atoms with Crippen molar-refractivity contribution in [1.82, 2.24) is 0 Å². The number of esters is 1. The van der Waals surface area contributed by atoms with Crippen LogP contribution in [0, 0.1) is 0 Å². The summed E-state index contributed by atoms with van der Waals surface area (Å²) in [5.74, 6) is -0.275. The normalized spacial score (nSPS) is 12.1. The second-order valence-corrected chi connectivity index (χ2v) is 12.1. The van der Waals surface area contributed by atoms with Crippen LogP contribution in [0.4, 0.5) is 5.69 Å². The topological polar surface area (TPSA) is 38.8 Å². The molecule has 0 N–H and O–H groups in total. The third kappa shape index (κ3) is 5.66. The number of likely N-dealkylation sites (N-methyl/N-ethyl adjacent to an activating group) is 1. The smallest absolute Gasteiger partial charge is 0.338 e. The Morgan fingerprint density at radius 3 is 2.22 bits per heavy atom. The zero-order valence-corrected chi connectivity index (χ0v) is 16.6. The van der Waals surface area contributed by atoms with E-state index in [0.717, 1.165) is 12.2 Å². The summed E-state index contributed by atoms with van der Waals surface area (Å²) in [5, 5.41) is 0.229. The second kappa shape index (κ2) is 7.97. The molecule has 130 valence electrons. The molecule has 0 radical (unpaired) electrons. The van der Waals surface area contributed by atoms with Crippen LogP contribution in [0.15, 0.2) is 24.3 Å². The van der Waals surface area contributed by atoms with Crippen molar-refractivity contribution in [3.63, 3.8) is 0 Å². The van der Waals surface area contributed by atoms with Gasteiger partial charge >= 0.3 is 5.97 Å². The summed E-state index contributed by atoms with van der Waals surface area (Å²) >= 11 is 0. The van der Waals surface area contributed by atoms with E-state index in [4.69, 9.17) is 9.16 Å². The molecule has 1 aromatic rings. The molecule has 4 nitrogen and oxygen atoms in total. The van der Waals surface area contributed by atoms with E-state index in [0.29, 0.717) is 18.8 Å². The monoisotopic (exact) mass is 337 g/mol. The van der Waals surface area contributed by atoms with Gasteiger partial charge in [-0.2, -0.15) is 0 Å². The van der Waals surface area contributed by atoms with Crippen LogP contribution >= 0.6 is 0 Å². The number of nitrogens with zero attached hydrogens (tertiary/aromatic N) is 1. The molecule has 0 heterocycles. The predicted octanol–water partition coefficient (Wildman–Crippen LogP) is 4.32. The molecule has 0 saturated carbocycles. The number of carbonyl (C=O) groups excluding carboxylic acids is 1. The fourth-order valence-corrected chi connectivity index (χ4v) is 2.88. The quantitative estimate of drug-likeness (QED) is 0.548. The SMILES string of the molecule is CCOC(=O)c1ccc(N(C)CCO[Si](C)(C)C(C)(C)C)cc1. The summed E-state index contributed by atoms with van der Waals surface area (Å²) in [6.45, 7) is 15.0. The first-order valence-electron chi connectivity index (χ1n) is 8.21. The van der Waals surface area contributed by atoms with Gasteiger partial charge in [0, 0.05) is 19.3 Å². The molecule has 0 bridgehead atoms. The zero-order chi connectivity index (χ0) is 17.7. The second-order valence-electron chi connectivity index (χ2n) is 7.30. The summed E-state index contributed by atoms with van der Waals surface area (Å²) < 4.78 is 11.2. The minimum absolute atomic E-state index is 0.229. The lowest BCUT2D eigenvalue weighted by atomic mass is 10.2. The van der Waals surface area contributed by atoms with Crippen molar-refractivity contribution in [2.75, 3.05) is 31.7 Å². The number of carbonyl (C=O) groups is 1. The molecule has 1 aromatic carbocycles. The van der Waals surface area contributed by atoms with Gasteiger partial charge in [-0.05, 0) is 49.3 Å². The summed E-state index contributed by atoms with van der Waals surface area (Å²) in [6.07, 6.45) is 0. The molecule has 0 aromatic heterocycles. The lowest BCUT2D eigenvalue weighted by Gasteiger charge is -2.36.